The Hall–Kier alpha value is -4.29. The molecule has 0 saturated carbocycles. The van der Waals surface area contributed by atoms with Crippen molar-refractivity contribution in [3.63, 3.8) is 0 Å². The van der Waals surface area contributed by atoms with Crippen molar-refractivity contribution in [1.29, 1.82) is 0 Å². The molecule has 37 heavy (non-hydrogen) atoms. The number of fused-ring (bicyclic) bond motifs is 1. The van der Waals surface area contributed by atoms with Gasteiger partial charge in [0.25, 0.3) is 5.56 Å². The molecule has 0 spiro atoms. The quantitative estimate of drug-likeness (QED) is 0.398. The van der Waals surface area contributed by atoms with Crippen LogP contribution < -0.4 is 10.9 Å². The van der Waals surface area contributed by atoms with E-state index < -0.39 is 23.3 Å². The molecule has 2 amide bonds. The molecule has 2 N–H and O–H groups in total. The van der Waals surface area contributed by atoms with E-state index >= 15 is 0 Å². The van der Waals surface area contributed by atoms with Crippen LogP contribution in [0.2, 0.25) is 0 Å². The lowest BCUT2D eigenvalue weighted by atomic mass is 9.96. The molecule has 0 unspecified atom stereocenters. The lowest BCUT2D eigenvalue weighted by Crippen LogP contribution is -2.41. The molecule has 0 atom stereocenters. The van der Waals surface area contributed by atoms with E-state index in [4.69, 9.17) is 0 Å². The van der Waals surface area contributed by atoms with Gasteiger partial charge in [0.05, 0.1) is 17.8 Å². The average Bonchev–Trinajstić information content (AvgIpc) is 3.28. The number of urea groups is 1. The third-order valence-electron chi connectivity index (χ3n) is 6.28. The fraction of sp³-hybridized carbons (Fsp3) is 0.292. The summed E-state index contributed by atoms with van der Waals surface area (Å²) in [5, 5.41) is 10.3. The van der Waals surface area contributed by atoms with E-state index in [0.717, 1.165) is 11.6 Å². The molecule has 5 rings (SSSR count). The SMILES string of the molecule is O=C(Nc1ccccc1C(F)(F)F)N1CCC(c2nc3c(nnn3Cc3ccc(F)cc3)c(=O)[nH]2)CC1. The number of alkyl halides is 3. The number of anilines is 1. The van der Waals surface area contributed by atoms with Crippen LogP contribution in [0.1, 0.15) is 35.7 Å². The number of para-hydroxylation sites is 1. The minimum atomic E-state index is -4.59. The molecule has 0 radical (unpaired) electrons. The summed E-state index contributed by atoms with van der Waals surface area (Å²) in [6, 6.07) is 10.0. The lowest BCUT2D eigenvalue weighted by molar-refractivity contribution is -0.136. The maximum Gasteiger partial charge on any atom is 0.418 e. The van der Waals surface area contributed by atoms with Crippen LogP contribution in [0.15, 0.2) is 53.3 Å². The first-order valence-corrected chi connectivity index (χ1v) is 11.5. The van der Waals surface area contributed by atoms with Gasteiger partial charge in [-0.3, -0.25) is 4.79 Å². The number of amides is 2. The van der Waals surface area contributed by atoms with Gasteiger partial charge >= 0.3 is 12.2 Å². The highest BCUT2D eigenvalue weighted by Gasteiger charge is 2.34. The molecular weight excluding hydrogens is 494 g/mol. The Labute approximate surface area is 207 Å². The van der Waals surface area contributed by atoms with Crippen LogP contribution in [0.25, 0.3) is 11.2 Å². The summed E-state index contributed by atoms with van der Waals surface area (Å²) in [7, 11) is 0. The Morgan fingerprint density at radius 3 is 2.49 bits per heavy atom. The van der Waals surface area contributed by atoms with Crippen molar-refractivity contribution < 1.29 is 22.4 Å². The molecule has 13 heteroatoms. The van der Waals surface area contributed by atoms with E-state index in [0.29, 0.717) is 18.7 Å². The number of halogens is 4. The molecule has 1 aliphatic rings. The van der Waals surface area contributed by atoms with Crippen molar-refractivity contribution >= 4 is 22.9 Å². The number of aromatic amines is 1. The summed E-state index contributed by atoms with van der Waals surface area (Å²) in [6.07, 6.45) is -3.70. The zero-order valence-corrected chi connectivity index (χ0v) is 19.3. The molecule has 0 aliphatic carbocycles. The second-order valence-electron chi connectivity index (χ2n) is 8.73. The number of H-pyrrole nitrogens is 1. The lowest BCUT2D eigenvalue weighted by Gasteiger charge is -2.31. The molecule has 0 bridgehead atoms. The summed E-state index contributed by atoms with van der Waals surface area (Å²) < 4.78 is 54.4. The third-order valence-corrected chi connectivity index (χ3v) is 6.28. The maximum atomic E-state index is 13.2. The van der Waals surface area contributed by atoms with Crippen molar-refractivity contribution in [3.8, 4) is 0 Å². The van der Waals surface area contributed by atoms with Crippen LogP contribution in [0.4, 0.5) is 28.0 Å². The second-order valence-corrected chi connectivity index (χ2v) is 8.73. The maximum absolute atomic E-state index is 13.2. The summed E-state index contributed by atoms with van der Waals surface area (Å²) >= 11 is 0. The van der Waals surface area contributed by atoms with Crippen LogP contribution in [-0.4, -0.2) is 49.0 Å². The van der Waals surface area contributed by atoms with E-state index in [-0.39, 0.29) is 48.2 Å². The number of piperidine rings is 1. The second kappa shape index (κ2) is 9.64. The van der Waals surface area contributed by atoms with Gasteiger partial charge < -0.3 is 15.2 Å². The van der Waals surface area contributed by atoms with E-state index in [1.807, 2.05) is 0 Å². The Balaban J connectivity index is 1.29. The van der Waals surface area contributed by atoms with Crippen molar-refractivity contribution in [2.75, 3.05) is 18.4 Å². The van der Waals surface area contributed by atoms with E-state index in [1.54, 1.807) is 12.1 Å². The summed E-state index contributed by atoms with van der Waals surface area (Å²) in [4.78, 5) is 34.0. The Bertz CT molecular complexity index is 1490. The van der Waals surface area contributed by atoms with Gasteiger partial charge in [-0.15, -0.1) is 5.10 Å². The smallest absolute Gasteiger partial charge is 0.324 e. The first kappa shape index (κ1) is 24.4. The Kier molecular flexibility index (Phi) is 6.36. The normalized spacial score (nSPS) is 14.8. The molecule has 192 valence electrons. The number of hydrogen-bond donors (Lipinski definition) is 2. The highest BCUT2D eigenvalue weighted by Crippen LogP contribution is 2.35. The van der Waals surface area contributed by atoms with E-state index in [2.05, 4.69) is 25.6 Å². The first-order chi connectivity index (χ1) is 17.7. The van der Waals surface area contributed by atoms with Gasteiger partial charge in [-0.2, -0.15) is 13.2 Å². The summed E-state index contributed by atoms with van der Waals surface area (Å²) in [6.45, 7) is 0.768. The van der Waals surface area contributed by atoms with Crippen molar-refractivity contribution in [1.82, 2.24) is 29.9 Å². The van der Waals surface area contributed by atoms with E-state index in [1.165, 1.54) is 39.9 Å². The predicted octanol–water partition coefficient (Wildman–Crippen LogP) is 4.13. The number of carbonyl (C=O) groups excluding carboxylic acids is 1. The van der Waals surface area contributed by atoms with Crippen LogP contribution in [0.3, 0.4) is 0 Å². The van der Waals surface area contributed by atoms with Gasteiger partial charge in [-0.1, -0.05) is 29.5 Å². The molecular formula is C24H21F4N7O2. The minimum Gasteiger partial charge on any atom is -0.324 e. The van der Waals surface area contributed by atoms with Crippen LogP contribution >= 0.6 is 0 Å². The molecule has 3 heterocycles. The van der Waals surface area contributed by atoms with Gasteiger partial charge in [0.1, 0.15) is 11.6 Å². The molecule has 2 aromatic carbocycles. The number of aromatic nitrogens is 5. The number of rotatable bonds is 4. The molecule has 4 aromatic rings. The Morgan fingerprint density at radius 2 is 1.78 bits per heavy atom. The Morgan fingerprint density at radius 1 is 1.08 bits per heavy atom. The molecule has 1 saturated heterocycles. The number of carbonyl (C=O) groups is 1. The molecule has 9 nitrogen and oxygen atoms in total. The number of benzene rings is 2. The topological polar surface area (TPSA) is 109 Å². The zero-order chi connectivity index (χ0) is 26.2. The fourth-order valence-electron chi connectivity index (χ4n) is 4.34. The van der Waals surface area contributed by atoms with Gasteiger partial charge in [0.2, 0.25) is 0 Å². The number of nitrogens with zero attached hydrogens (tertiary/aromatic N) is 5. The van der Waals surface area contributed by atoms with Crippen molar-refractivity contribution in [2.45, 2.75) is 31.5 Å². The highest BCUT2D eigenvalue weighted by atomic mass is 19.4. The number of hydrogen-bond acceptors (Lipinski definition) is 5. The van der Waals surface area contributed by atoms with Crippen LogP contribution in [0, 0.1) is 5.82 Å². The first-order valence-electron chi connectivity index (χ1n) is 11.5. The van der Waals surface area contributed by atoms with Gasteiger partial charge in [-0.25, -0.2) is 18.9 Å². The minimum absolute atomic E-state index is 0.0750. The number of nitrogens with one attached hydrogen (secondary N) is 2. The van der Waals surface area contributed by atoms with Crippen LogP contribution in [-0.2, 0) is 12.7 Å². The molecule has 2 aromatic heterocycles. The summed E-state index contributed by atoms with van der Waals surface area (Å²) in [5.41, 5.74) is -0.560. The standard InChI is InChI=1S/C24H21F4N7O2/c25-16-7-5-14(6-8-16)13-35-21-19(32-33-35)22(36)31-20(30-21)15-9-11-34(12-10-15)23(37)29-18-4-2-1-3-17(18)24(26,27)28/h1-8,15H,9-13H2,(H,29,37)(H,30,31,36). The largest absolute Gasteiger partial charge is 0.418 e. The zero-order valence-electron chi connectivity index (χ0n) is 19.3. The monoisotopic (exact) mass is 515 g/mol. The molecule has 1 fully saturated rings. The highest BCUT2D eigenvalue weighted by molar-refractivity contribution is 5.90. The van der Waals surface area contributed by atoms with Gasteiger partial charge in [0.15, 0.2) is 11.2 Å². The van der Waals surface area contributed by atoms with E-state index in [9.17, 15) is 27.2 Å². The predicted molar refractivity (Wildman–Crippen MR) is 125 cm³/mol. The molecule has 1 aliphatic heterocycles. The van der Waals surface area contributed by atoms with Gasteiger partial charge in [0, 0.05) is 19.0 Å². The summed E-state index contributed by atoms with van der Waals surface area (Å²) in [5.74, 6) is -0.131. The van der Waals surface area contributed by atoms with Gasteiger partial charge in [-0.05, 0) is 42.7 Å². The third kappa shape index (κ3) is 5.15. The average molecular weight is 515 g/mol. The number of likely N-dealkylation sites (tertiary alicyclic amines) is 1. The fourth-order valence-corrected chi connectivity index (χ4v) is 4.34. The van der Waals surface area contributed by atoms with Crippen molar-refractivity contribution in [2.24, 2.45) is 0 Å². The van der Waals surface area contributed by atoms with Crippen molar-refractivity contribution in [3.05, 3.63) is 81.7 Å². The van der Waals surface area contributed by atoms with Crippen LogP contribution in [0.5, 0.6) is 0 Å².